The largest absolute Gasteiger partial charge is 0.468 e. The van der Waals surface area contributed by atoms with Crippen molar-refractivity contribution in [1.82, 2.24) is 10.2 Å². The molecule has 1 aliphatic carbocycles. The minimum Gasteiger partial charge on any atom is -0.468 e. The van der Waals surface area contributed by atoms with E-state index in [0.717, 1.165) is 19.5 Å². The van der Waals surface area contributed by atoms with Gasteiger partial charge in [-0.15, -0.1) is 0 Å². The lowest BCUT2D eigenvalue weighted by atomic mass is 10.2. The Kier molecular flexibility index (Phi) is 7.23. The van der Waals surface area contributed by atoms with Crippen LogP contribution in [0.25, 0.3) is 0 Å². The maximum atomic E-state index is 11.7. The zero-order chi connectivity index (χ0) is 13.4. The van der Waals surface area contributed by atoms with Crippen LogP contribution < -0.4 is 5.32 Å². The van der Waals surface area contributed by atoms with Crippen LogP contribution in [0.15, 0.2) is 0 Å². The maximum absolute atomic E-state index is 11.7. The van der Waals surface area contributed by atoms with Gasteiger partial charge in [0.2, 0.25) is 0 Å². The molecule has 5 nitrogen and oxygen atoms in total. The van der Waals surface area contributed by atoms with E-state index in [0.29, 0.717) is 19.2 Å². The molecule has 1 rings (SSSR count). The lowest BCUT2D eigenvalue weighted by molar-refractivity contribution is -0.143. The van der Waals surface area contributed by atoms with Gasteiger partial charge in [-0.25, -0.2) is 0 Å². The van der Waals surface area contributed by atoms with Crippen LogP contribution >= 0.6 is 0 Å². The first-order chi connectivity index (χ1) is 8.72. The summed E-state index contributed by atoms with van der Waals surface area (Å²) in [5.74, 6) is -0.175. The third-order valence-electron chi connectivity index (χ3n) is 3.19. The second-order valence-electron chi connectivity index (χ2n) is 4.75. The zero-order valence-corrected chi connectivity index (χ0v) is 11.8. The second-order valence-corrected chi connectivity index (χ2v) is 4.75. The van der Waals surface area contributed by atoms with Crippen LogP contribution in [0.3, 0.4) is 0 Å². The Morgan fingerprint density at radius 3 is 2.67 bits per heavy atom. The van der Waals surface area contributed by atoms with Gasteiger partial charge in [0.15, 0.2) is 0 Å². The molecule has 0 aromatic heterocycles. The summed E-state index contributed by atoms with van der Waals surface area (Å²) in [5.41, 5.74) is 0. The molecule has 1 saturated carbocycles. The number of carbonyl (C=O) groups excluding carboxylic acids is 1. The smallest absolute Gasteiger partial charge is 0.324 e. The van der Waals surface area contributed by atoms with Crippen LogP contribution in [0, 0.1) is 0 Å². The summed E-state index contributed by atoms with van der Waals surface area (Å²) < 4.78 is 9.98. The van der Waals surface area contributed by atoms with Crippen molar-refractivity contribution in [3.05, 3.63) is 0 Å². The first-order valence-electron chi connectivity index (χ1n) is 6.77. The molecular formula is C13H26N2O3. The fourth-order valence-corrected chi connectivity index (χ4v) is 1.99. The molecule has 1 atom stereocenters. The van der Waals surface area contributed by atoms with E-state index in [2.05, 4.69) is 17.1 Å². The highest BCUT2D eigenvalue weighted by atomic mass is 16.5. The highest BCUT2D eigenvalue weighted by Gasteiger charge is 2.32. The van der Waals surface area contributed by atoms with Gasteiger partial charge in [-0.05, 0) is 25.8 Å². The molecule has 0 aromatic rings. The number of ether oxygens (including phenoxy) is 2. The molecule has 0 bridgehead atoms. The predicted octanol–water partition coefficient (Wildman–Crippen LogP) is 0.638. The van der Waals surface area contributed by atoms with E-state index in [4.69, 9.17) is 9.47 Å². The Labute approximate surface area is 110 Å². The normalized spacial score (nSPS) is 16.9. The molecule has 1 N–H and O–H groups in total. The quantitative estimate of drug-likeness (QED) is 0.583. The van der Waals surface area contributed by atoms with Gasteiger partial charge in [0.1, 0.15) is 6.04 Å². The molecule has 5 heteroatoms. The molecule has 1 fully saturated rings. The van der Waals surface area contributed by atoms with E-state index in [1.54, 1.807) is 7.11 Å². The number of hydrogen-bond donors (Lipinski definition) is 1. The summed E-state index contributed by atoms with van der Waals surface area (Å²) in [7, 11) is 3.15. The number of carbonyl (C=O) groups is 1. The van der Waals surface area contributed by atoms with Crippen LogP contribution in [0.1, 0.15) is 26.2 Å². The number of methoxy groups -OCH3 is 2. The molecule has 0 saturated heterocycles. The molecule has 18 heavy (non-hydrogen) atoms. The number of rotatable bonds is 10. The average molecular weight is 258 g/mol. The van der Waals surface area contributed by atoms with E-state index >= 15 is 0 Å². The van der Waals surface area contributed by atoms with Crippen molar-refractivity contribution in [3.8, 4) is 0 Å². The number of hydrogen-bond acceptors (Lipinski definition) is 5. The van der Waals surface area contributed by atoms with E-state index in [1.807, 2.05) is 0 Å². The van der Waals surface area contributed by atoms with Crippen LogP contribution in [0.2, 0.25) is 0 Å². The van der Waals surface area contributed by atoms with Gasteiger partial charge in [0.25, 0.3) is 0 Å². The minimum absolute atomic E-state index is 0.175. The molecule has 0 spiro atoms. The van der Waals surface area contributed by atoms with Gasteiger partial charge >= 0.3 is 5.97 Å². The van der Waals surface area contributed by atoms with Crippen molar-refractivity contribution in [2.75, 3.05) is 40.5 Å². The lowest BCUT2D eigenvalue weighted by Gasteiger charge is -2.26. The molecule has 0 aromatic carbocycles. The molecule has 106 valence electrons. The van der Waals surface area contributed by atoms with Gasteiger partial charge in [0, 0.05) is 26.2 Å². The highest BCUT2D eigenvalue weighted by molar-refractivity contribution is 5.75. The van der Waals surface area contributed by atoms with E-state index in [9.17, 15) is 4.79 Å². The van der Waals surface area contributed by atoms with E-state index in [1.165, 1.54) is 20.0 Å². The van der Waals surface area contributed by atoms with Crippen molar-refractivity contribution in [2.24, 2.45) is 0 Å². The molecule has 0 radical (unpaired) electrons. The molecular weight excluding hydrogens is 232 g/mol. The standard InChI is InChI=1S/C13H26N2O3/c1-4-7-14-12(13(16)18-3)10-15(8-9-17-2)11-5-6-11/h11-12,14H,4-10H2,1-3H3. The number of esters is 1. The van der Waals surface area contributed by atoms with Crippen molar-refractivity contribution in [1.29, 1.82) is 0 Å². The Bertz CT molecular complexity index is 244. The van der Waals surface area contributed by atoms with E-state index in [-0.39, 0.29) is 12.0 Å². The van der Waals surface area contributed by atoms with Crippen LogP contribution in [-0.2, 0) is 14.3 Å². The first kappa shape index (κ1) is 15.4. The monoisotopic (exact) mass is 258 g/mol. The van der Waals surface area contributed by atoms with Crippen molar-refractivity contribution < 1.29 is 14.3 Å². The summed E-state index contributed by atoms with van der Waals surface area (Å²) >= 11 is 0. The Morgan fingerprint density at radius 2 is 2.17 bits per heavy atom. The Hall–Kier alpha value is -0.650. The summed E-state index contributed by atoms with van der Waals surface area (Å²) in [4.78, 5) is 14.1. The van der Waals surface area contributed by atoms with Gasteiger partial charge in [-0.1, -0.05) is 6.92 Å². The van der Waals surface area contributed by atoms with Gasteiger partial charge in [-0.3, -0.25) is 9.69 Å². The number of nitrogens with zero attached hydrogens (tertiary/aromatic N) is 1. The summed E-state index contributed by atoms with van der Waals surface area (Å²) in [6.45, 7) is 5.22. The average Bonchev–Trinajstić information content (AvgIpc) is 3.21. The van der Waals surface area contributed by atoms with Gasteiger partial charge in [0.05, 0.1) is 13.7 Å². The zero-order valence-electron chi connectivity index (χ0n) is 11.8. The van der Waals surface area contributed by atoms with Crippen LogP contribution in [-0.4, -0.2) is 63.4 Å². The third-order valence-corrected chi connectivity index (χ3v) is 3.19. The maximum Gasteiger partial charge on any atom is 0.324 e. The molecule has 0 heterocycles. The molecule has 0 amide bonds. The predicted molar refractivity (Wildman–Crippen MR) is 70.6 cm³/mol. The highest BCUT2D eigenvalue weighted by Crippen LogP contribution is 2.26. The Balaban J connectivity index is 2.46. The Morgan fingerprint density at radius 1 is 1.44 bits per heavy atom. The number of nitrogens with one attached hydrogen (secondary N) is 1. The SMILES string of the molecule is CCCNC(CN(CCOC)C1CC1)C(=O)OC. The summed E-state index contributed by atoms with van der Waals surface area (Å²) in [6, 6.07) is 0.392. The first-order valence-corrected chi connectivity index (χ1v) is 6.77. The molecule has 0 aliphatic heterocycles. The topological polar surface area (TPSA) is 50.8 Å². The van der Waals surface area contributed by atoms with Crippen LogP contribution in [0.4, 0.5) is 0 Å². The van der Waals surface area contributed by atoms with Crippen LogP contribution in [0.5, 0.6) is 0 Å². The van der Waals surface area contributed by atoms with E-state index < -0.39 is 0 Å². The third kappa shape index (κ3) is 5.33. The van der Waals surface area contributed by atoms with Gasteiger partial charge < -0.3 is 14.8 Å². The fourth-order valence-electron chi connectivity index (χ4n) is 1.99. The van der Waals surface area contributed by atoms with Crippen molar-refractivity contribution in [2.45, 2.75) is 38.3 Å². The molecule has 1 unspecified atom stereocenters. The summed E-state index contributed by atoms with van der Waals surface area (Å²) in [5, 5.41) is 3.25. The summed E-state index contributed by atoms with van der Waals surface area (Å²) in [6.07, 6.45) is 3.46. The van der Waals surface area contributed by atoms with Gasteiger partial charge in [-0.2, -0.15) is 0 Å². The van der Waals surface area contributed by atoms with Crippen molar-refractivity contribution in [3.63, 3.8) is 0 Å². The van der Waals surface area contributed by atoms with Crippen molar-refractivity contribution >= 4 is 5.97 Å². The second kappa shape index (κ2) is 8.45. The minimum atomic E-state index is -0.229. The fraction of sp³-hybridized carbons (Fsp3) is 0.923. The molecule has 1 aliphatic rings. The lowest BCUT2D eigenvalue weighted by Crippen LogP contribution is -2.48.